The Morgan fingerprint density at radius 2 is 0.487 bits per heavy atom. The van der Waals surface area contributed by atoms with Gasteiger partial charge in [0.15, 0.2) is 0 Å². The van der Waals surface area contributed by atoms with Crippen LogP contribution in [0.15, 0.2) is 97.1 Å². The van der Waals surface area contributed by atoms with Gasteiger partial charge in [0.1, 0.15) is 49.4 Å². The first kappa shape index (κ1) is 56.5. The fraction of sp³-hybridized carbons (Fsp3) is 0.438. The van der Waals surface area contributed by atoms with Crippen LogP contribution in [0.4, 0.5) is 0 Å². The molecule has 12 heteroatoms. The molecule has 6 aromatic rings. The lowest BCUT2D eigenvalue weighted by Gasteiger charge is -2.25. The SMILES string of the molecule is CCOCCOc1c2cc3cc1Cc1cc4cc(c1OCCOCC)Cc1cc(cc(c1OCCOCC)Cc1cc(cc(c1OCCOCC)C2)CSCc1ccccc1CSC3)CSCc1ccccc1CSC4. The highest BCUT2D eigenvalue weighted by Gasteiger charge is 2.26. The van der Waals surface area contributed by atoms with Crippen LogP contribution in [-0.4, -0.2) is 79.3 Å². The maximum Gasteiger partial charge on any atom is 0.126 e. The molecule has 9 rings (SSSR count). The molecular weight excluding hydrogens is 1020 g/mol. The molecule has 8 nitrogen and oxygen atoms in total. The second-order valence-corrected chi connectivity index (χ2v) is 23.3. The monoisotopic (exact) mass is 1100 g/mol. The standard InChI is InChI=1S/C64H76O8S4/c1-5-65-17-21-69-61-53-25-45-29-57(61)35-58-30-47-27-55(63(58)71-23-19-67-7-3)34-56-28-48(40-76-44-52-16-12-11-15-51(52)43-75-39-47)32-60(64(56)72-24-20-68-8-4)36-59-31-46(26-54(33-53)62(59)70-22-18-66-6-2)38-74-42-50-14-10-9-13-49(50)41-73-37-45/h9-16,25-32H,5-8,17-24,33-44H2,1-4H3. The molecule has 0 amide bonds. The van der Waals surface area contributed by atoms with E-state index < -0.39 is 0 Å². The summed E-state index contributed by atoms with van der Waals surface area (Å²) in [5, 5.41) is 0. The van der Waals surface area contributed by atoms with Crippen molar-refractivity contribution < 1.29 is 37.9 Å². The van der Waals surface area contributed by atoms with Gasteiger partial charge in [0.25, 0.3) is 0 Å². The zero-order valence-corrected chi connectivity index (χ0v) is 48.4. The van der Waals surface area contributed by atoms with Gasteiger partial charge in [-0.1, -0.05) is 97.1 Å². The average Bonchev–Trinajstić information content (AvgIpc) is 3.43. The van der Waals surface area contributed by atoms with E-state index in [2.05, 4.69) is 97.1 Å². The molecule has 3 aliphatic rings. The van der Waals surface area contributed by atoms with Gasteiger partial charge in [-0.15, -0.1) is 0 Å². The number of benzene rings is 6. The van der Waals surface area contributed by atoms with Crippen LogP contribution in [0.2, 0.25) is 0 Å². The maximum atomic E-state index is 7.08. The summed E-state index contributed by atoms with van der Waals surface area (Å²) in [6, 6.07) is 37.2. The van der Waals surface area contributed by atoms with Gasteiger partial charge in [-0.2, -0.15) is 47.0 Å². The van der Waals surface area contributed by atoms with Gasteiger partial charge in [-0.3, -0.25) is 0 Å². The largest absolute Gasteiger partial charge is 0.491 e. The Balaban J connectivity index is 1.32. The highest BCUT2D eigenvalue weighted by molar-refractivity contribution is 7.98. The lowest BCUT2D eigenvalue weighted by atomic mass is 9.88. The van der Waals surface area contributed by atoms with Gasteiger partial charge >= 0.3 is 0 Å². The molecule has 1 aliphatic carbocycles. The molecule has 6 aromatic carbocycles. The van der Waals surface area contributed by atoms with Gasteiger partial charge < -0.3 is 37.9 Å². The summed E-state index contributed by atoms with van der Waals surface area (Å²) in [6.45, 7) is 14.4. The third-order valence-electron chi connectivity index (χ3n) is 13.8. The number of thioether (sulfide) groups is 4. The van der Waals surface area contributed by atoms with Crippen LogP contribution in [-0.2, 0) is 90.7 Å². The third-order valence-corrected chi connectivity index (χ3v) is 18.0. The highest BCUT2D eigenvalue weighted by atomic mass is 32.2. The van der Waals surface area contributed by atoms with E-state index in [9.17, 15) is 0 Å². The van der Waals surface area contributed by atoms with E-state index in [0.29, 0.717) is 105 Å². The number of ether oxygens (including phenoxy) is 8. The fourth-order valence-electron chi connectivity index (χ4n) is 10.4. The molecular formula is C64H76O8S4. The molecule has 0 spiro atoms. The second-order valence-electron chi connectivity index (χ2n) is 19.4. The summed E-state index contributed by atoms with van der Waals surface area (Å²) in [5.74, 6) is 10.8. The van der Waals surface area contributed by atoms with Crippen LogP contribution in [0.5, 0.6) is 23.0 Å². The Morgan fingerprint density at radius 3 is 0.684 bits per heavy atom. The minimum absolute atomic E-state index is 0.431. The molecule has 12 bridgehead atoms. The Kier molecular flexibility index (Phi) is 22.0. The summed E-state index contributed by atoms with van der Waals surface area (Å²) in [7, 11) is 0. The van der Waals surface area contributed by atoms with Crippen molar-refractivity contribution in [1.82, 2.24) is 0 Å². The summed E-state index contributed by atoms with van der Waals surface area (Å²) in [4.78, 5) is 0. The molecule has 2 heterocycles. The lowest BCUT2D eigenvalue weighted by molar-refractivity contribution is 0.108. The first-order chi connectivity index (χ1) is 37.5. The quantitative estimate of drug-likeness (QED) is 0.0683. The molecule has 0 saturated carbocycles. The highest BCUT2D eigenvalue weighted by Crippen LogP contribution is 2.43. The molecule has 2 aliphatic heterocycles. The van der Waals surface area contributed by atoms with Crippen molar-refractivity contribution in [3.05, 3.63) is 186 Å². The first-order valence-corrected chi connectivity index (χ1v) is 32.0. The van der Waals surface area contributed by atoms with E-state index in [1.165, 1.54) is 44.5 Å². The number of fused-ring (bicyclic) bond motifs is 10. The van der Waals surface area contributed by atoms with Crippen molar-refractivity contribution >= 4 is 47.0 Å². The van der Waals surface area contributed by atoms with Crippen molar-refractivity contribution in [1.29, 1.82) is 0 Å². The van der Waals surface area contributed by atoms with Crippen LogP contribution < -0.4 is 18.9 Å². The molecule has 0 atom stereocenters. The van der Waals surface area contributed by atoms with Crippen LogP contribution in [0, 0.1) is 0 Å². The van der Waals surface area contributed by atoms with E-state index >= 15 is 0 Å². The maximum absolute atomic E-state index is 7.08. The molecule has 0 saturated heterocycles. The minimum Gasteiger partial charge on any atom is -0.491 e. The van der Waals surface area contributed by atoms with Gasteiger partial charge in [0.2, 0.25) is 0 Å². The fourth-order valence-corrected chi connectivity index (χ4v) is 14.5. The predicted octanol–water partition coefficient (Wildman–Crippen LogP) is 14.4. The molecule has 0 unspecified atom stereocenters. The lowest BCUT2D eigenvalue weighted by Crippen LogP contribution is -2.15. The van der Waals surface area contributed by atoms with Crippen LogP contribution in [0.3, 0.4) is 0 Å². The van der Waals surface area contributed by atoms with E-state index in [0.717, 1.165) is 114 Å². The molecule has 0 N–H and O–H groups in total. The minimum atomic E-state index is 0.431. The predicted molar refractivity (Wildman–Crippen MR) is 318 cm³/mol. The van der Waals surface area contributed by atoms with Crippen LogP contribution in [0.1, 0.15) is 117 Å². The average molecular weight is 1100 g/mol. The zero-order valence-electron chi connectivity index (χ0n) is 45.1. The molecule has 0 fully saturated rings. The Bertz CT molecular complexity index is 2460. The summed E-state index contributed by atoms with van der Waals surface area (Å²) < 4.78 is 52.1. The normalized spacial score (nSPS) is 14.6. The van der Waals surface area contributed by atoms with E-state index in [4.69, 9.17) is 37.9 Å². The van der Waals surface area contributed by atoms with Crippen molar-refractivity contribution in [3.8, 4) is 23.0 Å². The van der Waals surface area contributed by atoms with Gasteiger partial charge in [-0.25, -0.2) is 0 Å². The zero-order chi connectivity index (χ0) is 52.3. The number of rotatable bonds is 20. The smallest absolute Gasteiger partial charge is 0.126 e. The Hall–Kier alpha value is -4.24. The number of hydrogen-bond donors (Lipinski definition) is 0. The van der Waals surface area contributed by atoms with Gasteiger partial charge in [0.05, 0.1) is 26.4 Å². The van der Waals surface area contributed by atoms with E-state index in [-0.39, 0.29) is 0 Å². The van der Waals surface area contributed by atoms with Crippen molar-refractivity contribution in [2.24, 2.45) is 0 Å². The van der Waals surface area contributed by atoms with Crippen LogP contribution in [0.25, 0.3) is 0 Å². The van der Waals surface area contributed by atoms with Crippen molar-refractivity contribution in [3.63, 3.8) is 0 Å². The van der Waals surface area contributed by atoms with E-state index in [1.807, 2.05) is 74.7 Å². The summed E-state index contributed by atoms with van der Waals surface area (Å²) in [6.07, 6.45) is 2.45. The van der Waals surface area contributed by atoms with Crippen molar-refractivity contribution in [2.45, 2.75) is 99.4 Å². The molecule has 0 radical (unpaired) electrons. The summed E-state index contributed by atoms with van der Waals surface area (Å²) in [5.41, 5.74) is 19.8. The summed E-state index contributed by atoms with van der Waals surface area (Å²) >= 11 is 7.93. The number of hydrogen-bond acceptors (Lipinski definition) is 12. The van der Waals surface area contributed by atoms with E-state index in [1.54, 1.807) is 0 Å². The second kappa shape index (κ2) is 29.7. The topological polar surface area (TPSA) is 73.8 Å². The van der Waals surface area contributed by atoms with Crippen molar-refractivity contribution in [2.75, 3.05) is 79.3 Å². The van der Waals surface area contributed by atoms with Crippen LogP contribution >= 0.6 is 47.0 Å². The first-order valence-electron chi connectivity index (χ1n) is 27.3. The van der Waals surface area contributed by atoms with Gasteiger partial charge in [0, 0.05) is 98.1 Å². The third kappa shape index (κ3) is 15.5. The Labute approximate surface area is 469 Å². The van der Waals surface area contributed by atoms with Gasteiger partial charge in [-0.05, 0) is 117 Å². The molecule has 76 heavy (non-hydrogen) atoms. The molecule has 0 aromatic heterocycles. The Morgan fingerprint density at radius 1 is 0.276 bits per heavy atom. The molecule has 404 valence electrons.